The molecule has 0 atom stereocenters. The van der Waals surface area contributed by atoms with E-state index in [1.165, 1.54) is 24.3 Å². The number of hydrogen-bond donors (Lipinski definition) is 0. The zero-order valence-electron chi connectivity index (χ0n) is 11.5. The summed E-state index contributed by atoms with van der Waals surface area (Å²) < 4.78 is 18.2. The van der Waals surface area contributed by atoms with E-state index in [0.29, 0.717) is 5.56 Å². The van der Waals surface area contributed by atoms with Crippen LogP contribution in [0.4, 0.5) is 9.18 Å². The lowest BCUT2D eigenvalue weighted by Crippen LogP contribution is -2.34. The molecule has 0 aliphatic carbocycles. The smallest absolute Gasteiger partial charge is 0.326 e. The zero-order chi connectivity index (χ0) is 16.3. The molecule has 116 valence electrons. The number of halogens is 2. The maximum atomic E-state index is 13.2. The lowest BCUT2D eigenvalue weighted by Gasteiger charge is -2.10. The van der Waals surface area contributed by atoms with Gasteiger partial charge in [0.25, 0.3) is 11.1 Å². The molecule has 1 aromatic rings. The summed E-state index contributed by atoms with van der Waals surface area (Å²) >= 11 is 3.78. The molecule has 0 bridgehead atoms. The molecule has 0 aromatic heterocycles. The second-order valence-corrected chi connectivity index (χ2v) is 6.09. The van der Waals surface area contributed by atoms with Crippen LogP contribution in [-0.4, -0.2) is 35.2 Å². The van der Waals surface area contributed by atoms with Gasteiger partial charge in [-0.1, -0.05) is 6.07 Å². The van der Waals surface area contributed by atoms with Gasteiger partial charge in [-0.15, -0.1) is 0 Å². The number of imide groups is 1. The fourth-order valence-corrected chi connectivity index (χ4v) is 2.96. The molecule has 1 aliphatic heterocycles. The average molecular weight is 388 g/mol. The SMILES string of the molecule is CCOC(=O)CN1C(=O)S/C(=C/c2ccc(F)c(Br)c2)C1=O. The minimum absolute atomic E-state index is 0.174. The van der Waals surface area contributed by atoms with Gasteiger partial charge in [-0.25, -0.2) is 4.39 Å². The van der Waals surface area contributed by atoms with Gasteiger partial charge >= 0.3 is 5.97 Å². The van der Waals surface area contributed by atoms with Crippen molar-refractivity contribution < 1.29 is 23.5 Å². The predicted octanol–water partition coefficient (Wildman–Crippen LogP) is 3.19. The highest BCUT2D eigenvalue weighted by Gasteiger charge is 2.36. The first-order valence-electron chi connectivity index (χ1n) is 6.28. The number of esters is 1. The van der Waals surface area contributed by atoms with Gasteiger partial charge < -0.3 is 4.74 Å². The van der Waals surface area contributed by atoms with Crippen molar-refractivity contribution in [2.45, 2.75) is 6.92 Å². The highest BCUT2D eigenvalue weighted by atomic mass is 79.9. The lowest BCUT2D eigenvalue weighted by atomic mass is 10.2. The van der Waals surface area contributed by atoms with Crippen molar-refractivity contribution in [2.24, 2.45) is 0 Å². The van der Waals surface area contributed by atoms with E-state index in [4.69, 9.17) is 4.74 Å². The highest BCUT2D eigenvalue weighted by Crippen LogP contribution is 2.32. The van der Waals surface area contributed by atoms with E-state index in [9.17, 15) is 18.8 Å². The van der Waals surface area contributed by atoms with Crippen LogP contribution in [0.5, 0.6) is 0 Å². The molecular formula is C14H11BrFNO4S. The molecule has 0 unspecified atom stereocenters. The van der Waals surface area contributed by atoms with E-state index in [1.54, 1.807) is 6.92 Å². The number of benzene rings is 1. The normalized spacial score (nSPS) is 16.5. The summed E-state index contributed by atoms with van der Waals surface area (Å²) in [6, 6.07) is 4.23. The van der Waals surface area contributed by atoms with E-state index < -0.39 is 29.5 Å². The monoisotopic (exact) mass is 387 g/mol. The van der Waals surface area contributed by atoms with Gasteiger partial charge in [-0.3, -0.25) is 19.3 Å². The van der Waals surface area contributed by atoms with Crippen LogP contribution >= 0.6 is 27.7 Å². The van der Waals surface area contributed by atoms with Crippen molar-refractivity contribution >= 4 is 50.9 Å². The summed E-state index contributed by atoms with van der Waals surface area (Å²) in [6.07, 6.45) is 1.47. The van der Waals surface area contributed by atoms with E-state index in [2.05, 4.69) is 15.9 Å². The van der Waals surface area contributed by atoms with E-state index >= 15 is 0 Å². The molecule has 0 spiro atoms. The number of amides is 2. The molecule has 0 N–H and O–H groups in total. The molecule has 0 saturated carbocycles. The number of ether oxygens (including phenoxy) is 1. The maximum absolute atomic E-state index is 13.2. The largest absolute Gasteiger partial charge is 0.465 e. The average Bonchev–Trinajstić information content (AvgIpc) is 2.71. The predicted molar refractivity (Wildman–Crippen MR) is 83.4 cm³/mol. The summed E-state index contributed by atoms with van der Waals surface area (Å²) in [6.45, 7) is 1.40. The lowest BCUT2D eigenvalue weighted by molar-refractivity contribution is -0.145. The van der Waals surface area contributed by atoms with Crippen LogP contribution in [0.1, 0.15) is 12.5 Å². The number of rotatable bonds is 4. The van der Waals surface area contributed by atoms with Crippen LogP contribution in [0.3, 0.4) is 0 Å². The summed E-state index contributed by atoms with van der Waals surface area (Å²) in [4.78, 5) is 36.3. The Hall–Kier alpha value is -1.67. The molecule has 2 rings (SSSR count). The van der Waals surface area contributed by atoms with E-state index in [0.717, 1.165) is 16.7 Å². The minimum atomic E-state index is -0.643. The Morgan fingerprint density at radius 1 is 1.45 bits per heavy atom. The third kappa shape index (κ3) is 3.75. The number of hydrogen-bond acceptors (Lipinski definition) is 5. The second-order valence-electron chi connectivity index (χ2n) is 4.25. The summed E-state index contributed by atoms with van der Waals surface area (Å²) in [7, 11) is 0. The Balaban J connectivity index is 2.18. The van der Waals surface area contributed by atoms with Crippen LogP contribution in [0.15, 0.2) is 27.6 Å². The van der Waals surface area contributed by atoms with Crippen molar-refractivity contribution in [1.82, 2.24) is 4.90 Å². The third-order valence-corrected chi connectivity index (χ3v) is 4.22. The molecule has 8 heteroatoms. The van der Waals surface area contributed by atoms with Crippen molar-refractivity contribution in [3.05, 3.63) is 39.0 Å². The minimum Gasteiger partial charge on any atom is -0.465 e. The van der Waals surface area contributed by atoms with E-state index in [-0.39, 0.29) is 16.0 Å². The summed E-state index contributed by atoms with van der Waals surface area (Å²) in [5.41, 5.74) is 0.565. The number of nitrogens with zero attached hydrogens (tertiary/aromatic N) is 1. The fourth-order valence-electron chi connectivity index (χ4n) is 1.73. The molecule has 1 aliphatic rings. The number of carbonyl (C=O) groups is 3. The summed E-state index contributed by atoms with van der Waals surface area (Å²) in [5, 5.41) is -0.537. The molecule has 0 radical (unpaired) electrons. The van der Waals surface area contributed by atoms with Gasteiger partial charge in [0.2, 0.25) is 0 Å². The van der Waals surface area contributed by atoms with Crippen molar-refractivity contribution in [3.8, 4) is 0 Å². The molecule has 5 nitrogen and oxygen atoms in total. The Morgan fingerprint density at radius 3 is 2.82 bits per heavy atom. The van der Waals surface area contributed by atoms with Gasteiger partial charge in [0.15, 0.2) is 0 Å². The second kappa shape index (κ2) is 7.06. The first kappa shape index (κ1) is 16.7. The Bertz CT molecular complexity index is 677. The van der Waals surface area contributed by atoms with Gasteiger partial charge in [-0.05, 0) is 58.4 Å². The first-order valence-corrected chi connectivity index (χ1v) is 7.89. The Morgan fingerprint density at radius 2 is 2.18 bits per heavy atom. The molecular weight excluding hydrogens is 377 g/mol. The van der Waals surface area contributed by atoms with Gasteiger partial charge in [0, 0.05) is 0 Å². The Kier molecular flexibility index (Phi) is 5.36. The van der Waals surface area contributed by atoms with Gasteiger partial charge in [-0.2, -0.15) is 0 Å². The van der Waals surface area contributed by atoms with Crippen LogP contribution in [0, 0.1) is 5.82 Å². The topological polar surface area (TPSA) is 63.7 Å². The summed E-state index contributed by atoms with van der Waals surface area (Å²) in [5.74, 6) is -1.63. The molecule has 1 fully saturated rings. The van der Waals surface area contributed by atoms with Gasteiger partial charge in [0.1, 0.15) is 12.4 Å². The highest BCUT2D eigenvalue weighted by molar-refractivity contribution is 9.10. The molecule has 2 amide bonds. The van der Waals surface area contributed by atoms with Crippen LogP contribution in [-0.2, 0) is 14.3 Å². The molecule has 1 aromatic carbocycles. The third-order valence-electron chi connectivity index (χ3n) is 2.71. The Labute approximate surface area is 138 Å². The van der Waals surface area contributed by atoms with Gasteiger partial charge in [0.05, 0.1) is 16.0 Å². The number of thioether (sulfide) groups is 1. The first-order chi connectivity index (χ1) is 10.4. The van der Waals surface area contributed by atoms with Crippen LogP contribution in [0.2, 0.25) is 0 Å². The van der Waals surface area contributed by atoms with Crippen molar-refractivity contribution in [1.29, 1.82) is 0 Å². The zero-order valence-corrected chi connectivity index (χ0v) is 13.9. The fraction of sp³-hybridized carbons (Fsp3) is 0.214. The molecule has 1 heterocycles. The number of carbonyl (C=O) groups excluding carboxylic acids is 3. The van der Waals surface area contributed by atoms with Crippen LogP contribution < -0.4 is 0 Å². The van der Waals surface area contributed by atoms with E-state index in [1.807, 2.05) is 0 Å². The molecule has 22 heavy (non-hydrogen) atoms. The maximum Gasteiger partial charge on any atom is 0.326 e. The van der Waals surface area contributed by atoms with Crippen molar-refractivity contribution in [2.75, 3.05) is 13.2 Å². The standard InChI is InChI=1S/C14H11BrFNO4S/c1-2-21-12(18)7-17-13(19)11(22-14(17)20)6-8-3-4-10(16)9(15)5-8/h3-6H,2,7H2,1H3/b11-6+. The quantitative estimate of drug-likeness (QED) is 0.586. The van der Waals surface area contributed by atoms with Crippen LogP contribution in [0.25, 0.3) is 6.08 Å². The molecule has 1 saturated heterocycles. The van der Waals surface area contributed by atoms with Crippen molar-refractivity contribution in [3.63, 3.8) is 0 Å².